The number of nitrogens with one attached hydrogen (secondary N) is 2. The van der Waals surface area contributed by atoms with Crippen LogP contribution >= 0.6 is 0 Å². The second-order valence-corrected chi connectivity index (χ2v) is 6.35. The molecule has 0 saturated carbocycles. The minimum Gasteiger partial charge on any atom is -0.350 e. The van der Waals surface area contributed by atoms with E-state index in [0.29, 0.717) is 17.6 Å². The number of hydrogen-bond acceptors (Lipinski definition) is 6. The first-order valence-corrected chi connectivity index (χ1v) is 8.70. The van der Waals surface area contributed by atoms with Crippen LogP contribution in [0.25, 0.3) is 6.08 Å². The lowest BCUT2D eigenvalue weighted by Crippen LogP contribution is -2.41. The lowest BCUT2D eigenvalue weighted by Gasteiger charge is -2.33. The van der Waals surface area contributed by atoms with Crippen LogP contribution in [0.1, 0.15) is 24.0 Å². The lowest BCUT2D eigenvalue weighted by atomic mass is 10.0. The molecule has 0 aliphatic carbocycles. The van der Waals surface area contributed by atoms with E-state index < -0.39 is 5.91 Å². The van der Waals surface area contributed by atoms with Gasteiger partial charge in [-0.1, -0.05) is 30.3 Å². The van der Waals surface area contributed by atoms with Gasteiger partial charge in [-0.25, -0.2) is 15.4 Å². The number of anilines is 1. The number of likely N-dealkylation sites (tertiary alicyclic amines) is 1. The highest BCUT2D eigenvalue weighted by Gasteiger charge is 2.20. The zero-order chi connectivity index (χ0) is 18.2. The van der Waals surface area contributed by atoms with Crippen LogP contribution in [-0.2, 0) is 11.3 Å². The lowest BCUT2D eigenvalue weighted by molar-refractivity contribution is -0.124. The molecule has 2 heterocycles. The number of piperidine rings is 1. The number of rotatable bonds is 6. The quantitative estimate of drug-likeness (QED) is 0.418. The Morgan fingerprint density at radius 1 is 1.27 bits per heavy atom. The summed E-state index contributed by atoms with van der Waals surface area (Å²) >= 11 is 0. The third kappa shape index (κ3) is 5.37. The zero-order valence-electron chi connectivity index (χ0n) is 14.5. The Morgan fingerprint density at radius 2 is 2.04 bits per heavy atom. The van der Waals surface area contributed by atoms with Gasteiger partial charge in [0.1, 0.15) is 0 Å². The van der Waals surface area contributed by atoms with Crippen molar-refractivity contribution in [2.45, 2.75) is 25.4 Å². The van der Waals surface area contributed by atoms with Crippen LogP contribution in [-0.4, -0.2) is 45.1 Å². The summed E-state index contributed by atoms with van der Waals surface area (Å²) in [7, 11) is 0. The summed E-state index contributed by atoms with van der Waals surface area (Å²) in [5.41, 5.74) is 3.55. The molecule has 1 aliphatic rings. The van der Waals surface area contributed by atoms with Crippen LogP contribution in [0.3, 0.4) is 0 Å². The van der Waals surface area contributed by atoms with Gasteiger partial charge in [0.25, 0.3) is 5.91 Å². The Balaban J connectivity index is 1.53. The molecular formula is C19H23N5O2. The molecule has 7 heteroatoms. The fraction of sp³-hybridized carbons (Fsp3) is 0.316. The SMILES string of the molecule is O=C(/C=C/c1cnc(N[C@@H]2CCCN(Cc3ccccc3)C2)nc1)NO. The summed E-state index contributed by atoms with van der Waals surface area (Å²) in [6.07, 6.45) is 8.27. The highest BCUT2D eigenvalue weighted by atomic mass is 16.5. The molecule has 3 rings (SSSR count). The van der Waals surface area contributed by atoms with E-state index in [1.165, 1.54) is 23.2 Å². The van der Waals surface area contributed by atoms with E-state index in [2.05, 4.69) is 44.5 Å². The van der Waals surface area contributed by atoms with Gasteiger partial charge in [-0.2, -0.15) is 0 Å². The molecule has 1 atom stereocenters. The minimum atomic E-state index is -0.590. The molecule has 0 bridgehead atoms. The van der Waals surface area contributed by atoms with E-state index in [1.807, 2.05) is 6.07 Å². The molecule has 0 unspecified atom stereocenters. The maximum Gasteiger partial charge on any atom is 0.267 e. The molecule has 1 saturated heterocycles. The second-order valence-electron chi connectivity index (χ2n) is 6.35. The summed E-state index contributed by atoms with van der Waals surface area (Å²) in [5.74, 6) is -0.00626. The van der Waals surface area contributed by atoms with Crippen LogP contribution in [0.15, 0.2) is 48.8 Å². The van der Waals surface area contributed by atoms with Crippen molar-refractivity contribution < 1.29 is 10.0 Å². The summed E-state index contributed by atoms with van der Waals surface area (Å²) < 4.78 is 0. The fourth-order valence-corrected chi connectivity index (χ4v) is 3.05. The van der Waals surface area contributed by atoms with Gasteiger partial charge < -0.3 is 5.32 Å². The van der Waals surface area contributed by atoms with Gasteiger partial charge in [-0.15, -0.1) is 0 Å². The molecule has 0 spiro atoms. The van der Waals surface area contributed by atoms with Crippen molar-refractivity contribution >= 4 is 17.9 Å². The number of benzene rings is 1. The highest BCUT2D eigenvalue weighted by Crippen LogP contribution is 2.16. The average Bonchev–Trinajstić information content (AvgIpc) is 2.68. The number of hydroxylamine groups is 1. The number of carbonyl (C=O) groups excluding carboxylic acids is 1. The van der Waals surface area contributed by atoms with E-state index in [1.54, 1.807) is 12.4 Å². The van der Waals surface area contributed by atoms with Gasteiger partial charge in [0.15, 0.2) is 0 Å². The molecule has 1 amide bonds. The number of amides is 1. The minimum absolute atomic E-state index is 0.314. The van der Waals surface area contributed by atoms with Crippen molar-refractivity contribution in [3.63, 3.8) is 0 Å². The Hall–Kier alpha value is -2.77. The number of hydrogen-bond donors (Lipinski definition) is 3. The molecule has 1 aromatic heterocycles. The van der Waals surface area contributed by atoms with Crippen molar-refractivity contribution in [2.75, 3.05) is 18.4 Å². The van der Waals surface area contributed by atoms with E-state index in [-0.39, 0.29) is 0 Å². The van der Waals surface area contributed by atoms with Crippen molar-refractivity contribution in [3.8, 4) is 0 Å². The van der Waals surface area contributed by atoms with Crippen molar-refractivity contribution in [3.05, 3.63) is 59.9 Å². The van der Waals surface area contributed by atoms with E-state index >= 15 is 0 Å². The number of nitrogens with zero attached hydrogens (tertiary/aromatic N) is 3. The molecule has 26 heavy (non-hydrogen) atoms. The van der Waals surface area contributed by atoms with Crippen molar-refractivity contribution in [2.24, 2.45) is 0 Å². The predicted octanol–water partition coefficient (Wildman–Crippen LogP) is 2.07. The van der Waals surface area contributed by atoms with E-state index in [0.717, 1.165) is 32.5 Å². The molecule has 7 nitrogen and oxygen atoms in total. The normalized spacial score (nSPS) is 18.0. The second kappa shape index (κ2) is 9.07. The molecule has 136 valence electrons. The molecule has 2 aromatic rings. The Morgan fingerprint density at radius 3 is 2.77 bits per heavy atom. The van der Waals surface area contributed by atoms with Crippen LogP contribution in [0.5, 0.6) is 0 Å². The summed E-state index contributed by atoms with van der Waals surface area (Å²) in [6.45, 7) is 3.01. The first-order valence-electron chi connectivity index (χ1n) is 8.70. The van der Waals surface area contributed by atoms with E-state index in [4.69, 9.17) is 5.21 Å². The maximum absolute atomic E-state index is 11.0. The van der Waals surface area contributed by atoms with Gasteiger partial charge in [-0.05, 0) is 31.0 Å². The van der Waals surface area contributed by atoms with Gasteiger partial charge >= 0.3 is 0 Å². The topological polar surface area (TPSA) is 90.4 Å². The van der Waals surface area contributed by atoms with Crippen molar-refractivity contribution in [1.29, 1.82) is 0 Å². The van der Waals surface area contributed by atoms with Crippen molar-refractivity contribution in [1.82, 2.24) is 20.3 Å². The molecule has 1 aliphatic heterocycles. The van der Waals surface area contributed by atoms with Gasteiger partial charge in [-0.3, -0.25) is 14.9 Å². The van der Waals surface area contributed by atoms with Gasteiger partial charge in [0.2, 0.25) is 5.95 Å². The first-order chi connectivity index (χ1) is 12.7. The van der Waals surface area contributed by atoms with Crippen LogP contribution < -0.4 is 10.8 Å². The smallest absolute Gasteiger partial charge is 0.267 e. The highest BCUT2D eigenvalue weighted by molar-refractivity contribution is 5.90. The summed E-state index contributed by atoms with van der Waals surface area (Å²) in [5, 5.41) is 11.9. The molecule has 1 aromatic carbocycles. The third-order valence-corrected chi connectivity index (χ3v) is 4.30. The van der Waals surface area contributed by atoms with Crippen LogP contribution in [0, 0.1) is 0 Å². The largest absolute Gasteiger partial charge is 0.350 e. The number of carbonyl (C=O) groups is 1. The molecule has 3 N–H and O–H groups in total. The van der Waals surface area contributed by atoms with Crippen LogP contribution in [0.4, 0.5) is 5.95 Å². The van der Waals surface area contributed by atoms with E-state index in [9.17, 15) is 4.79 Å². The standard InChI is InChI=1S/C19H23N5O2/c25-18(23-26)9-8-16-11-20-19(21-12-16)22-17-7-4-10-24(14-17)13-15-5-2-1-3-6-15/h1-3,5-6,8-9,11-12,17,26H,4,7,10,13-14H2,(H,23,25)(H,20,21,22)/b9-8+/t17-/m1/s1. The fourth-order valence-electron chi connectivity index (χ4n) is 3.05. The first kappa shape index (κ1) is 18.0. The monoisotopic (exact) mass is 353 g/mol. The Kier molecular flexibility index (Phi) is 6.29. The molecule has 0 radical (unpaired) electrons. The maximum atomic E-state index is 11.0. The Bertz CT molecular complexity index is 733. The van der Waals surface area contributed by atoms with Crippen LogP contribution in [0.2, 0.25) is 0 Å². The van der Waals surface area contributed by atoms with Gasteiger partial charge in [0, 0.05) is 43.2 Å². The van der Waals surface area contributed by atoms with Gasteiger partial charge in [0.05, 0.1) is 0 Å². The number of aromatic nitrogens is 2. The molecular weight excluding hydrogens is 330 g/mol. The zero-order valence-corrected chi connectivity index (χ0v) is 14.5. The third-order valence-electron chi connectivity index (χ3n) is 4.30. The average molecular weight is 353 g/mol. The predicted molar refractivity (Wildman–Crippen MR) is 99.4 cm³/mol. The summed E-state index contributed by atoms with van der Waals surface area (Å²) in [4.78, 5) is 22.0. The Labute approximate surface area is 152 Å². The molecule has 1 fully saturated rings. The summed E-state index contributed by atoms with van der Waals surface area (Å²) in [6, 6.07) is 10.8.